The van der Waals surface area contributed by atoms with Gasteiger partial charge in [-0.2, -0.15) is 5.26 Å². The highest BCUT2D eigenvalue weighted by atomic mass is 16.2. The minimum absolute atomic E-state index is 0.187. The summed E-state index contributed by atoms with van der Waals surface area (Å²) in [4.78, 5) is 31.3. The van der Waals surface area contributed by atoms with Crippen molar-refractivity contribution in [1.82, 2.24) is 9.80 Å². The largest absolute Gasteiger partial charge is 0.320 e. The van der Waals surface area contributed by atoms with Gasteiger partial charge in [-0.25, -0.2) is 6.57 Å². The van der Waals surface area contributed by atoms with Gasteiger partial charge in [0.25, 0.3) is 5.91 Å². The van der Waals surface area contributed by atoms with Crippen LogP contribution in [0, 0.1) is 29.7 Å². The molecule has 4 aliphatic rings. The summed E-state index contributed by atoms with van der Waals surface area (Å²) in [6.45, 7) is 7.17. The number of nitriles is 1. The van der Waals surface area contributed by atoms with Crippen LogP contribution >= 0.6 is 0 Å². The topological polar surface area (TPSA) is 68.8 Å². The zero-order chi connectivity index (χ0) is 15.4. The van der Waals surface area contributed by atoms with Gasteiger partial charge in [-0.05, 0) is 31.1 Å². The summed E-state index contributed by atoms with van der Waals surface area (Å²) in [6.07, 6.45) is 5.66. The number of carbonyl (C=O) groups excluding carboxylic acids is 2. The molecule has 6 nitrogen and oxygen atoms in total. The minimum Gasteiger partial charge on any atom is -0.320 e. The summed E-state index contributed by atoms with van der Waals surface area (Å²) >= 11 is 0. The third-order valence-corrected chi connectivity index (χ3v) is 5.36. The number of hydrogen-bond donors (Lipinski definition) is 0. The summed E-state index contributed by atoms with van der Waals surface area (Å²) in [7, 11) is 0. The number of nitrogens with zero attached hydrogens (tertiary/aromatic N) is 4. The summed E-state index contributed by atoms with van der Waals surface area (Å²) in [5, 5.41) is 9.10. The maximum Gasteiger partial charge on any atom is 0.301 e. The summed E-state index contributed by atoms with van der Waals surface area (Å²) in [5.74, 6) is 0.436. The molecule has 0 radical (unpaired) electrons. The van der Waals surface area contributed by atoms with Crippen molar-refractivity contribution in [2.75, 3.05) is 0 Å². The van der Waals surface area contributed by atoms with E-state index in [2.05, 4.69) is 10.9 Å². The smallest absolute Gasteiger partial charge is 0.301 e. The molecule has 0 bridgehead atoms. The van der Waals surface area contributed by atoms with Crippen molar-refractivity contribution in [3.05, 3.63) is 23.6 Å². The monoisotopic (exact) mass is 296 g/mol. The lowest BCUT2D eigenvalue weighted by Gasteiger charge is -2.21. The molecule has 2 saturated heterocycles. The third kappa shape index (κ3) is 1.91. The van der Waals surface area contributed by atoms with Crippen molar-refractivity contribution in [2.45, 2.75) is 50.0 Å². The predicted molar refractivity (Wildman–Crippen MR) is 75.6 cm³/mol. The molecule has 6 atom stereocenters. The van der Waals surface area contributed by atoms with Crippen LogP contribution < -0.4 is 0 Å². The second kappa shape index (κ2) is 4.58. The molecule has 0 aromatic heterocycles. The Kier molecular flexibility index (Phi) is 2.77. The van der Waals surface area contributed by atoms with Gasteiger partial charge in [0.2, 0.25) is 5.91 Å². The molecular weight excluding hydrogens is 280 g/mol. The van der Waals surface area contributed by atoms with E-state index < -0.39 is 0 Å². The standard InChI is InChI=1S/C16H16N4O2/c1-18-14-7-10-6-13(10)20(14)16(22)3-2-15(21)19-11(8-17)4-9-5-12(9)19/h2-3,9-14H,4-7H2/b3-2+/t9-,10+,11+,12+,13+,14+/m1/s1. The molecule has 4 rings (SSSR count). The van der Waals surface area contributed by atoms with E-state index in [4.69, 9.17) is 11.8 Å². The molecule has 22 heavy (non-hydrogen) atoms. The average Bonchev–Trinajstić information content (AvgIpc) is 3.40. The molecular formula is C16H16N4O2. The van der Waals surface area contributed by atoms with E-state index in [1.807, 2.05) is 0 Å². The number of amides is 2. The van der Waals surface area contributed by atoms with E-state index in [-0.39, 0.29) is 36.1 Å². The number of likely N-dealkylation sites (tertiary alicyclic amines) is 2. The van der Waals surface area contributed by atoms with E-state index in [1.165, 1.54) is 12.2 Å². The number of rotatable bonds is 2. The second-order valence-electron chi connectivity index (χ2n) is 6.68. The van der Waals surface area contributed by atoms with Crippen molar-refractivity contribution in [1.29, 1.82) is 5.26 Å². The Morgan fingerprint density at radius 1 is 1.05 bits per heavy atom. The van der Waals surface area contributed by atoms with Crippen LogP contribution in [0.4, 0.5) is 0 Å². The fourth-order valence-corrected chi connectivity index (χ4v) is 4.06. The Morgan fingerprint density at radius 2 is 1.64 bits per heavy atom. The number of carbonyl (C=O) groups is 2. The molecule has 6 heteroatoms. The zero-order valence-corrected chi connectivity index (χ0v) is 12.1. The molecule has 2 aliphatic carbocycles. The maximum absolute atomic E-state index is 12.3. The zero-order valence-electron chi connectivity index (χ0n) is 12.1. The Hall–Kier alpha value is -2.34. The Balaban J connectivity index is 1.43. The lowest BCUT2D eigenvalue weighted by molar-refractivity contribution is -0.129. The van der Waals surface area contributed by atoms with Crippen molar-refractivity contribution in [3.8, 4) is 6.07 Å². The van der Waals surface area contributed by atoms with E-state index in [0.717, 1.165) is 25.7 Å². The van der Waals surface area contributed by atoms with Crippen molar-refractivity contribution >= 4 is 11.8 Å². The highest BCUT2D eigenvalue weighted by Crippen LogP contribution is 2.49. The molecule has 0 N–H and O–H groups in total. The van der Waals surface area contributed by atoms with Crippen LogP contribution in [-0.2, 0) is 9.59 Å². The lowest BCUT2D eigenvalue weighted by Crippen LogP contribution is -2.38. The normalized spacial score (nSPS) is 40.8. The summed E-state index contributed by atoms with van der Waals surface area (Å²) in [6, 6.07) is 2.19. The number of hydrogen-bond acceptors (Lipinski definition) is 3. The summed E-state index contributed by atoms with van der Waals surface area (Å²) < 4.78 is 0. The van der Waals surface area contributed by atoms with E-state index in [0.29, 0.717) is 11.8 Å². The first kappa shape index (κ1) is 13.3. The molecule has 0 spiro atoms. The Labute approximate surface area is 128 Å². The van der Waals surface area contributed by atoms with Gasteiger partial charge in [0.05, 0.1) is 6.07 Å². The predicted octanol–water partition coefficient (Wildman–Crippen LogP) is 0.922. The molecule has 2 amide bonds. The van der Waals surface area contributed by atoms with Crippen LogP contribution in [-0.4, -0.2) is 45.9 Å². The van der Waals surface area contributed by atoms with Crippen LogP contribution in [0.25, 0.3) is 4.85 Å². The molecule has 2 heterocycles. The minimum atomic E-state index is -0.373. The molecule has 4 fully saturated rings. The highest BCUT2D eigenvalue weighted by molar-refractivity contribution is 5.98. The average molecular weight is 296 g/mol. The van der Waals surface area contributed by atoms with E-state index >= 15 is 0 Å². The molecule has 0 aromatic rings. The first-order valence-corrected chi connectivity index (χ1v) is 7.73. The van der Waals surface area contributed by atoms with Crippen molar-refractivity contribution < 1.29 is 9.59 Å². The van der Waals surface area contributed by atoms with Crippen LogP contribution in [0.1, 0.15) is 25.7 Å². The van der Waals surface area contributed by atoms with Gasteiger partial charge in [0.1, 0.15) is 6.04 Å². The maximum atomic E-state index is 12.3. The lowest BCUT2D eigenvalue weighted by atomic mass is 10.2. The van der Waals surface area contributed by atoms with Gasteiger partial charge < -0.3 is 4.90 Å². The van der Waals surface area contributed by atoms with Crippen LogP contribution in [0.5, 0.6) is 0 Å². The number of piperidine rings is 2. The SMILES string of the molecule is [C-]#[N+][C@@H]1C[C@@H]2C[C@@H]2N1C(=O)/C=C/C(=O)N1[C@H](C#N)C[C@@H]2C[C@@H]21. The van der Waals surface area contributed by atoms with Gasteiger partial charge in [-0.3, -0.25) is 19.3 Å². The first-order chi connectivity index (χ1) is 10.6. The van der Waals surface area contributed by atoms with Gasteiger partial charge in [-0.1, -0.05) is 0 Å². The van der Waals surface area contributed by atoms with Gasteiger partial charge in [0.15, 0.2) is 0 Å². The first-order valence-electron chi connectivity index (χ1n) is 7.73. The van der Waals surface area contributed by atoms with Gasteiger partial charge in [0, 0.05) is 30.7 Å². The van der Waals surface area contributed by atoms with Gasteiger partial charge in [-0.15, -0.1) is 0 Å². The molecule has 112 valence electrons. The molecule has 2 saturated carbocycles. The fourth-order valence-electron chi connectivity index (χ4n) is 4.06. The van der Waals surface area contributed by atoms with Crippen LogP contribution in [0.15, 0.2) is 12.2 Å². The van der Waals surface area contributed by atoms with E-state index in [1.54, 1.807) is 9.80 Å². The third-order valence-electron chi connectivity index (χ3n) is 5.36. The van der Waals surface area contributed by atoms with Crippen LogP contribution in [0.3, 0.4) is 0 Å². The Morgan fingerprint density at radius 3 is 2.27 bits per heavy atom. The number of fused-ring (bicyclic) bond motifs is 2. The summed E-state index contributed by atoms with van der Waals surface area (Å²) in [5.41, 5.74) is 0. The fraction of sp³-hybridized carbons (Fsp3) is 0.625. The van der Waals surface area contributed by atoms with Gasteiger partial charge >= 0.3 is 6.17 Å². The molecule has 2 aliphatic heterocycles. The van der Waals surface area contributed by atoms with Crippen molar-refractivity contribution in [2.24, 2.45) is 11.8 Å². The molecule has 0 unspecified atom stereocenters. The quantitative estimate of drug-likeness (QED) is 0.562. The highest BCUT2D eigenvalue weighted by Gasteiger charge is 2.57. The van der Waals surface area contributed by atoms with E-state index in [9.17, 15) is 9.59 Å². The molecule has 0 aromatic carbocycles. The van der Waals surface area contributed by atoms with Crippen LogP contribution in [0.2, 0.25) is 0 Å². The Bertz CT molecular complexity index is 602. The van der Waals surface area contributed by atoms with Crippen molar-refractivity contribution in [3.63, 3.8) is 0 Å². The second-order valence-corrected chi connectivity index (χ2v) is 6.68.